The predicted octanol–water partition coefficient (Wildman–Crippen LogP) is 1.32. The predicted molar refractivity (Wildman–Crippen MR) is 34.6 cm³/mol. The molecule has 0 aliphatic rings. The first-order valence-corrected chi connectivity index (χ1v) is 3.08. The summed E-state index contributed by atoms with van der Waals surface area (Å²) < 4.78 is 0. The first-order valence-electron chi connectivity index (χ1n) is 2.17. The Labute approximate surface area is 52.2 Å². The number of hydrogen-bond donors (Lipinski definition) is 1. The van der Waals surface area contributed by atoms with Crippen molar-refractivity contribution in [3.8, 4) is 0 Å². The average Bonchev–Trinajstić information content (AvgIpc) is 1.68. The second kappa shape index (κ2) is 4.34. The van der Waals surface area contributed by atoms with Crippen molar-refractivity contribution in [3.05, 3.63) is 12.7 Å². The molecule has 7 heavy (non-hydrogen) atoms. The SMILES string of the molecule is C=CCC(Br)CO. The van der Waals surface area contributed by atoms with Crippen molar-refractivity contribution in [2.24, 2.45) is 0 Å². The van der Waals surface area contributed by atoms with Gasteiger partial charge in [-0.2, -0.15) is 0 Å². The maximum absolute atomic E-state index is 8.37. The Hall–Kier alpha value is 0.180. The molecule has 0 rings (SSSR count). The van der Waals surface area contributed by atoms with E-state index in [4.69, 9.17) is 5.11 Å². The summed E-state index contributed by atoms with van der Waals surface area (Å²) in [5, 5.41) is 8.37. The molecule has 1 N–H and O–H groups in total. The van der Waals surface area contributed by atoms with Crippen LogP contribution in [-0.4, -0.2) is 16.5 Å². The molecule has 0 aromatic heterocycles. The van der Waals surface area contributed by atoms with Crippen LogP contribution in [0.2, 0.25) is 0 Å². The van der Waals surface area contributed by atoms with Crippen LogP contribution < -0.4 is 0 Å². The van der Waals surface area contributed by atoms with Gasteiger partial charge in [-0.3, -0.25) is 0 Å². The molecule has 0 amide bonds. The monoisotopic (exact) mass is 164 g/mol. The number of aliphatic hydroxyl groups excluding tert-OH is 1. The fraction of sp³-hybridized carbons (Fsp3) is 0.600. The highest BCUT2D eigenvalue weighted by Crippen LogP contribution is 2.02. The molecule has 1 unspecified atom stereocenters. The standard InChI is InChI=1S/C5H9BrO/c1-2-3-5(6)4-7/h2,5,7H,1,3-4H2. The van der Waals surface area contributed by atoms with Gasteiger partial charge < -0.3 is 5.11 Å². The van der Waals surface area contributed by atoms with E-state index in [-0.39, 0.29) is 11.4 Å². The smallest absolute Gasteiger partial charge is 0.0559 e. The summed E-state index contributed by atoms with van der Waals surface area (Å²) in [6, 6.07) is 0. The molecular weight excluding hydrogens is 156 g/mol. The number of allylic oxidation sites excluding steroid dienone is 1. The number of rotatable bonds is 3. The van der Waals surface area contributed by atoms with Crippen LogP contribution in [0.1, 0.15) is 6.42 Å². The Kier molecular flexibility index (Phi) is 4.45. The third kappa shape index (κ3) is 4.02. The molecule has 0 saturated heterocycles. The lowest BCUT2D eigenvalue weighted by Gasteiger charge is -1.97. The number of hydrogen-bond acceptors (Lipinski definition) is 1. The summed E-state index contributed by atoms with van der Waals surface area (Å²) in [4.78, 5) is 0.199. The maximum atomic E-state index is 8.37. The lowest BCUT2D eigenvalue weighted by Crippen LogP contribution is -2.00. The van der Waals surface area contributed by atoms with E-state index in [2.05, 4.69) is 22.5 Å². The third-order valence-electron chi connectivity index (χ3n) is 0.621. The van der Waals surface area contributed by atoms with Gasteiger partial charge in [0.1, 0.15) is 0 Å². The average molecular weight is 165 g/mol. The summed E-state index contributed by atoms with van der Waals surface area (Å²) in [6.07, 6.45) is 2.60. The van der Waals surface area contributed by atoms with Crippen LogP contribution in [0.4, 0.5) is 0 Å². The third-order valence-corrected chi connectivity index (χ3v) is 1.28. The van der Waals surface area contributed by atoms with Gasteiger partial charge in [0.25, 0.3) is 0 Å². The molecule has 0 aliphatic carbocycles. The van der Waals surface area contributed by atoms with Crippen molar-refractivity contribution in [2.45, 2.75) is 11.2 Å². The van der Waals surface area contributed by atoms with Gasteiger partial charge in [0.05, 0.1) is 6.61 Å². The fourth-order valence-corrected chi connectivity index (χ4v) is 0.520. The van der Waals surface area contributed by atoms with Crippen LogP contribution in [0.3, 0.4) is 0 Å². The second-order valence-electron chi connectivity index (χ2n) is 1.30. The summed E-state index contributed by atoms with van der Waals surface area (Å²) in [5.41, 5.74) is 0. The van der Waals surface area contributed by atoms with Crippen LogP contribution >= 0.6 is 15.9 Å². The van der Waals surface area contributed by atoms with Crippen LogP contribution in [0, 0.1) is 0 Å². The number of aliphatic hydroxyl groups is 1. The van der Waals surface area contributed by atoms with E-state index < -0.39 is 0 Å². The van der Waals surface area contributed by atoms with Gasteiger partial charge in [-0.05, 0) is 6.42 Å². The fourth-order valence-electron chi connectivity index (χ4n) is 0.255. The molecule has 0 aromatic carbocycles. The van der Waals surface area contributed by atoms with E-state index in [0.29, 0.717) is 0 Å². The largest absolute Gasteiger partial charge is 0.395 e. The van der Waals surface area contributed by atoms with E-state index in [1.165, 1.54) is 0 Å². The Morgan fingerprint density at radius 3 is 2.57 bits per heavy atom. The summed E-state index contributed by atoms with van der Waals surface area (Å²) >= 11 is 3.22. The molecule has 0 saturated carbocycles. The van der Waals surface area contributed by atoms with Gasteiger partial charge in [-0.1, -0.05) is 22.0 Å². The Balaban J connectivity index is 2.98. The van der Waals surface area contributed by atoms with E-state index >= 15 is 0 Å². The number of halogens is 1. The summed E-state index contributed by atoms with van der Waals surface area (Å²) in [7, 11) is 0. The molecule has 2 heteroatoms. The van der Waals surface area contributed by atoms with Gasteiger partial charge in [0.15, 0.2) is 0 Å². The van der Waals surface area contributed by atoms with Crippen molar-refractivity contribution in [3.63, 3.8) is 0 Å². The molecule has 0 spiro atoms. The van der Waals surface area contributed by atoms with Crippen molar-refractivity contribution < 1.29 is 5.11 Å². The van der Waals surface area contributed by atoms with Gasteiger partial charge >= 0.3 is 0 Å². The highest BCUT2D eigenvalue weighted by Gasteiger charge is 1.94. The Morgan fingerprint density at radius 1 is 1.86 bits per heavy atom. The number of alkyl halides is 1. The molecular formula is C5H9BrO. The summed E-state index contributed by atoms with van der Waals surface area (Å²) in [5.74, 6) is 0. The van der Waals surface area contributed by atoms with E-state index in [1.54, 1.807) is 6.08 Å². The van der Waals surface area contributed by atoms with Crippen LogP contribution in [0.25, 0.3) is 0 Å². The Morgan fingerprint density at radius 2 is 2.43 bits per heavy atom. The highest BCUT2D eigenvalue weighted by molar-refractivity contribution is 9.09. The van der Waals surface area contributed by atoms with Crippen LogP contribution in [-0.2, 0) is 0 Å². The molecule has 1 nitrogen and oxygen atoms in total. The lowest BCUT2D eigenvalue weighted by molar-refractivity contribution is 0.297. The molecule has 0 bridgehead atoms. The second-order valence-corrected chi connectivity index (χ2v) is 2.60. The molecule has 0 aromatic rings. The zero-order valence-electron chi connectivity index (χ0n) is 4.10. The topological polar surface area (TPSA) is 20.2 Å². The zero-order valence-corrected chi connectivity index (χ0v) is 5.69. The van der Waals surface area contributed by atoms with Gasteiger partial charge in [0.2, 0.25) is 0 Å². The van der Waals surface area contributed by atoms with Gasteiger partial charge in [-0.15, -0.1) is 6.58 Å². The van der Waals surface area contributed by atoms with Crippen LogP contribution in [0.5, 0.6) is 0 Å². The van der Waals surface area contributed by atoms with E-state index in [0.717, 1.165) is 6.42 Å². The summed E-state index contributed by atoms with van der Waals surface area (Å²) in [6.45, 7) is 3.69. The van der Waals surface area contributed by atoms with Crippen LogP contribution in [0.15, 0.2) is 12.7 Å². The molecule has 0 aliphatic heterocycles. The lowest BCUT2D eigenvalue weighted by atomic mass is 10.3. The first kappa shape index (κ1) is 7.18. The minimum Gasteiger partial charge on any atom is -0.395 e. The molecule has 0 heterocycles. The van der Waals surface area contributed by atoms with Crippen molar-refractivity contribution in [2.75, 3.05) is 6.61 Å². The van der Waals surface area contributed by atoms with Crippen molar-refractivity contribution >= 4 is 15.9 Å². The quantitative estimate of drug-likeness (QED) is 0.493. The minimum absolute atomic E-state index is 0.187. The maximum Gasteiger partial charge on any atom is 0.0559 e. The molecule has 42 valence electrons. The van der Waals surface area contributed by atoms with Crippen molar-refractivity contribution in [1.82, 2.24) is 0 Å². The molecule has 0 fully saturated rings. The molecule has 1 atom stereocenters. The van der Waals surface area contributed by atoms with Crippen molar-refractivity contribution in [1.29, 1.82) is 0 Å². The Bertz CT molecular complexity index is 54.0. The minimum atomic E-state index is 0.187. The van der Waals surface area contributed by atoms with Gasteiger partial charge in [0, 0.05) is 4.83 Å². The molecule has 0 radical (unpaired) electrons. The normalized spacial score (nSPS) is 13.4. The van der Waals surface area contributed by atoms with Gasteiger partial charge in [-0.25, -0.2) is 0 Å². The first-order chi connectivity index (χ1) is 3.31. The van der Waals surface area contributed by atoms with E-state index in [9.17, 15) is 0 Å². The zero-order chi connectivity index (χ0) is 5.70. The van der Waals surface area contributed by atoms with E-state index in [1.807, 2.05) is 0 Å². The highest BCUT2D eigenvalue weighted by atomic mass is 79.9.